The summed E-state index contributed by atoms with van der Waals surface area (Å²) in [5, 5.41) is 11.8. The molecule has 0 aliphatic heterocycles. The van der Waals surface area contributed by atoms with E-state index in [0.29, 0.717) is 6.54 Å². The number of hydrogen-bond donors (Lipinski definition) is 2. The Labute approximate surface area is 126 Å². The summed E-state index contributed by atoms with van der Waals surface area (Å²) in [5.41, 5.74) is 2.83. The lowest BCUT2D eigenvalue weighted by atomic mass is 10.1. The lowest BCUT2D eigenvalue weighted by Crippen LogP contribution is -2.45. The Morgan fingerprint density at radius 2 is 2.00 bits per heavy atom. The fraction of sp³-hybridized carbons (Fsp3) is 0.500. The number of aryl methyl sites for hydroxylation is 2. The highest BCUT2D eigenvalue weighted by molar-refractivity contribution is 5.95. The van der Waals surface area contributed by atoms with Crippen molar-refractivity contribution in [1.29, 1.82) is 0 Å². The highest BCUT2D eigenvalue weighted by atomic mass is 16.4. The molecular formula is C16H24N2O3. The van der Waals surface area contributed by atoms with Crippen molar-refractivity contribution >= 4 is 17.6 Å². The second-order valence-corrected chi connectivity index (χ2v) is 5.35. The molecule has 0 bridgehead atoms. The molecule has 0 saturated carbocycles. The van der Waals surface area contributed by atoms with Crippen LogP contribution in [0.2, 0.25) is 0 Å². The van der Waals surface area contributed by atoms with Crippen LogP contribution in [0.5, 0.6) is 0 Å². The van der Waals surface area contributed by atoms with Gasteiger partial charge in [-0.15, -0.1) is 0 Å². The first kappa shape index (κ1) is 17.2. The van der Waals surface area contributed by atoms with Crippen LogP contribution in [0.4, 0.5) is 5.69 Å². The van der Waals surface area contributed by atoms with E-state index < -0.39 is 12.0 Å². The minimum atomic E-state index is -0.921. The number of carbonyl (C=O) groups is 2. The van der Waals surface area contributed by atoms with Crippen molar-refractivity contribution in [2.24, 2.45) is 0 Å². The number of carbonyl (C=O) groups excluding carboxylic acids is 1. The first-order valence-corrected chi connectivity index (χ1v) is 7.19. The Hall–Kier alpha value is -1.88. The van der Waals surface area contributed by atoms with Crippen LogP contribution in [0.1, 0.15) is 31.4 Å². The average molecular weight is 292 g/mol. The summed E-state index contributed by atoms with van der Waals surface area (Å²) in [5.74, 6) is -1.10. The minimum Gasteiger partial charge on any atom is -0.480 e. The summed E-state index contributed by atoms with van der Waals surface area (Å²) in [4.78, 5) is 24.9. The van der Waals surface area contributed by atoms with Gasteiger partial charge < -0.3 is 10.4 Å². The van der Waals surface area contributed by atoms with Gasteiger partial charge in [0, 0.05) is 5.69 Å². The van der Waals surface area contributed by atoms with E-state index in [0.717, 1.165) is 23.2 Å². The van der Waals surface area contributed by atoms with Gasteiger partial charge in [-0.05, 0) is 50.9 Å². The second kappa shape index (κ2) is 7.78. The molecule has 1 aromatic carbocycles. The van der Waals surface area contributed by atoms with Gasteiger partial charge in [-0.25, -0.2) is 0 Å². The Bertz CT molecular complexity index is 514. The Balaban J connectivity index is 2.80. The molecule has 21 heavy (non-hydrogen) atoms. The number of hydrogen-bond acceptors (Lipinski definition) is 3. The lowest BCUT2D eigenvalue weighted by Gasteiger charge is -2.26. The molecule has 5 heteroatoms. The monoisotopic (exact) mass is 292 g/mol. The highest BCUT2D eigenvalue weighted by Crippen LogP contribution is 2.17. The van der Waals surface area contributed by atoms with Crippen LogP contribution >= 0.6 is 0 Å². The molecule has 1 rings (SSSR count). The van der Waals surface area contributed by atoms with E-state index in [9.17, 15) is 9.59 Å². The minimum absolute atomic E-state index is 0.130. The Morgan fingerprint density at radius 1 is 1.33 bits per heavy atom. The molecule has 0 saturated heterocycles. The molecule has 0 heterocycles. The first-order valence-electron chi connectivity index (χ1n) is 7.19. The van der Waals surface area contributed by atoms with Crippen molar-refractivity contribution in [3.05, 3.63) is 29.3 Å². The Kier molecular flexibility index (Phi) is 6.37. The largest absolute Gasteiger partial charge is 0.480 e. The van der Waals surface area contributed by atoms with Gasteiger partial charge >= 0.3 is 5.97 Å². The number of amides is 1. The van der Waals surface area contributed by atoms with Crippen molar-refractivity contribution in [1.82, 2.24) is 4.90 Å². The fourth-order valence-corrected chi connectivity index (χ4v) is 2.14. The molecule has 0 fully saturated rings. The number of anilines is 1. The van der Waals surface area contributed by atoms with Crippen LogP contribution in [-0.2, 0) is 9.59 Å². The van der Waals surface area contributed by atoms with Crippen LogP contribution in [-0.4, -0.2) is 41.0 Å². The number of carboxylic acid groups (broad SMARTS) is 1. The SMILES string of the molecule is CCCN(CC(=O)O)C(C)C(=O)Nc1cc(C)ccc1C. The van der Waals surface area contributed by atoms with Crippen molar-refractivity contribution in [2.75, 3.05) is 18.4 Å². The summed E-state index contributed by atoms with van der Waals surface area (Å²) in [6.45, 7) is 8.04. The van der Waals surface area contributed by atoms with Gasteiger partial charge in [0.15, 0.2) is 0 Å². The van der Waals surface area contributed by atoms with Crippen LogP contribution in [0, 0.1) is 13.8 Å². The number of aliphatic carboxylic acids is 1. The van der Waals surface area contributed by atoms with Crippen molar-refractivity contribution in [2.45, 2.75) is 40.2 Å². The van der Waals surface area contributed by atoms with E-state index in [1.165, 1.54) is 0 Å². The maximum Gasteiger partial charge on any atom is 0.317 e. The molecule has 0 aliphatic carbocycles. The van der Waals surface area contributed by atoms with E-state index >= 15 is 0 Å². The lowest BCUT2D eigenvalue weighted by molar-refractivity contribution is -0.139. The van der Waals surface area contributed by atoms with Gasteiger partial charge in [0.25, 0.3) is 0 Å². The summed E-state index contributed by atoms with van der Waals surface area (Å²) in [6.07, 6.45) is 0.800. The topological polar surface area (TPSA) is 69.6 Å². The zero-order valence-corrected chi connectivity index (χ0v) is 13.1. The third kappa shape index (κ3) is 5.19. The predicted molar refractivity (Wildman–Crippen MR) is 83.5 cm³/mol. The maximum atomic E-state index is 12.3. The molecule has 1 aromatic rings. The number of rotatable bonds is 7. The van der Waals surface area contributed by atoms with Crippen molar-refractivity contribution in [3.8, 4) is 0 Å². The zero-order chi connectivity index (χ0) is 16.0. The molecule has 2 N–H and O–H groups in total. The van der Waals surface area contributed by atoms with Gasteiger partial charge in [-0.3, -0.25) is 14.5 Å². The smallest absolute Gasteiger partial charge is 0.317 e. The van der Waals surface area contributed by atoms with E-state index in [1.807, 2.05) is 39.0 Å². The van der Waals surface area contributed by atoms with Crippen LogP contribution < -0.4 is 5.32 Å². The molecule has 5 nitrogen and oxygen atoms in total. The molecule has 1 amide bonds. The first-order chi connectivity index (χ1) is 9.85. The number of carboxylic acids is 1. The molecule has 0 aromatic heterocycles. The standard InChI is InChI=1S/C16H24N2O3/c1-5-8-18(10-15(19)20)13(4)16(21)17-14-9-11(2)6-7-12(14)3/h6-7,9,13H,5,8,10H2,1-4H3,(H,17,21)(H,19,20). The van der Waals surface area contributed by atoms with E-state index in [1.54, 1.807) is 11.8 Å². The summed E-state index contributed by atoms with van der Waals surface area (Å²) >= 11 is 0. The van der Waals surface area contributed by atoms with Crippen LogP contribution in [0.25, 0.3) is 0 Å². The molecule has 116 valence electrons. The summed E-state index contributed by atoms with van der Waals surface area (Å²) < 4.78 is 0. The van der Waals surface area contributed by atoms with Crippen molar-refractivity contribution < 1.29 is 14.7 Å². The van der Waals surface area contributed by atoms with Crippen LogP contribution in [0.15, 0.2) is 18.2 Å². The second-order valence-electron chi connectivity index (χ2n) is 5.35. The summed E-state index contributed by atoms with van der Waals surface area (Å²) in [7, 11) is 0. The molecule has 0 spiro atoms. The molecule has 0 radical (unpaired) electrons. The fourth-order valence-electron chi connectivity index (χ4n) is 2.14. The van der Waals surface area contributed by atoms with E-state index in [4.69, 9.17) is 5.11 Å². The van der Waals surface area contributed by atoms with Gasteiger partial charge in [0.05, 0.1) is 12.6 Å². The molecule has 0 aliphatic rings. The molecular weight excluding hydrogens is 268 g/mol. The highest BCUT2D eigenvalue weighted by Gasteiger charge is 2.23. The van der Waals surface area contributed by atoms with Gasteiger partial charge in [0.2, 0.25) is 5.91 Å². The van der Waals surface area contributed by atoms with Gasteiger partial charge in [-0.2, -0.15) is 0 Å². The summed E-state index contributed by atoms with van der Waals surface area (Å²) in [6, 6.07) is 5.38. The average Bonchev–Trinajstić information content (AvgIpc) is 2.41. The predicted octanol–water partition coefficient (Wildman–Crippen LogP) is 2.43. The third-order valence-corrected chi connectivity index (χ3v) is 3.43. The zero-order valence-electron chi connectivity index (χ0n) is 13.1. The van der Waals surface area contributed by atoms with E-state index in [2.05, 4.69) is 5.32 Å². The number of benzene rings is 1. The van der Waals surface area contributed by atoms with Crippen LogP contribution in [0.3, 0.4) is 0 Å². The van der Waals surface area contributed by atoms with E-state index in [-0.39, 0.29) is 12.5 Å². The van der Waals surface area contributed by atoms with Gasteiger partial charge in [0.1, 0.15) is 0 Å². The van der Waals surface area contributed by atoms with Crippen molar-refractivity contribution in [3.63, 3.8) is 0 Å². The molecule has 1 unspecified atom stereocenters. The number of nitrogens with zero attached hydrogens (tertiary/aromatic N) is 1. The number of nitrogens with one attached hydrogen (secondary N) is 1. The quantitative estimate of drug-likeness (QED) is 0.810. The normalized spacial score (nSPS) is 12.2. The maximum absolute atomic E-state index is 12.3. The molecule has 1 atom stereocenters. The third-order valence-electron chi connectivity index (χ3n) is 3.43. The van der Waals surface area contributed by atoms with Gasteiger partial charge in [-0.1, -0.05) is 19.1 Å². The Morgan fingerprint density at radius 3 is 2.57 bits per heavy atom.